The summed E-state index contributed by atoms with van der Waals surface area (Å²) in [6, 6.07) is 3.96. The second kappa shape index (κ2) is 6.15. The molecular formula is C16H23N3O5S. The van der Waals surface area contributed by atoms with Crippen molar-refractivity contribution in [2.75, 3.05) is 13.8 Å². The molecule has 1 aromatic carbocycles. The minimum absolute atomic E-state index is 0.147. The minimum atomic E-state index is -3.77. The Morgan fingerprint density at radius 2 is 1.96 bits per heavy atom. The molecule has 1 aromatic rings. The predicted molar refractivity (Wildman–Crippen MR) is 91.4 cm³/mol. The first kappa shape index (κ1) is 18.0. The number of benzene rings is 1. The van der Waals surface area contributed by atoms with Gasteiger partial charge < -0.3 is 14.8 Å². The molecule has 2 N–H and O–H groups in total. The van der Waals surface area contributed by atoms with Crippen LogP contribution >= 0.6 is 0 Å². The first-order valence-electron chi connectivity index (χ1n) is 8.04. The molecule has 0 spiro atoms. The van der Waals surface area contributed by atoms with Crippen molar-refractivity contribution >= 4 is 16.1 Å². The van der Waals surface area contributed by atoms with E-state index in [1.807, 2.05) is 20.8 Å². The standard InChI is InChI=1S/C16H23N3O5S/c1-16(2,3)17-15(20)12-8-11(18-25(21,22)19(12)4)10-5-6-13-14(7-10)24-9-23-13/h5-7,11-12,18H,8-9H2,1-4H3,(H,17,20). The van der Waals surface area contributed by atoms with Crippen LogP contribution in [-0.2, 0) is 15.0 Å². The molecule has 1 saturated heterocycles. The van der Waals surface area contributed by atoms with Crippen molar-refractivity contribution in [2.24, 2.45) is 0 Å². The van der Waals surface area contributed by atoms with Crippen LogP contribution in [0.15, 0.2) is 18.2 Å². The number of hydrogen-bond acceptors (Lipinski definition) is 5. The molecule has 0 aromatic heterocycles. The number of hydrogen-bond donors (Lipinski definition) is 2. The summed E-state index contributed by atoms with van der Waals surface area (Å²) in [4.78, 5) is 12.6. The molecule has 0 bridgehead atoms. The van der Waals surface area contributed by atoms with Gasteiger partial charge in [0.15, 0.2) is 11.5 Å². The van der Waals surface area contributed by atoms with Crippen LogP contribution in [0.1, 0.15) is 38.8 Å². The Morgan fingerprint density at radius 1 is 1.28 bits per heavy atom. The van der Waals surface area contributed by atoms with Gasteiger partial charge in [-0.3, -0.25) is 4.79 Å². The van der Waals surface area contributed by atoms with Crippen LogP contribution in [-0.4, -0.2) is 44.1 Å². The van der Waals surface area contributed by atoms with Gasteiger partial charge in [-0.25, -0.2) is 0 Å². The Hall–Kier alpha value is -1.84. The zero-order chi connectivity index (χ0) is 18.4. The third kappa shape index (κ3) is 3.73. The molecule has 0 saturated carbocycles. The Labute approximate surface area is 147 Å². The third-order valence-corrected chi connectivity index (χ3v) is 5.76. The fourth-order valence-corrected chi connectivity index (χ4v) is 4.18. The molecule has 2 aliphatic rings. The van der Waals surface area contributed by atoms with Crippen LogP contribution in [0.25, 0.3) is 0 Å². The Kier molecular flexibility index (Phi) is 4.42. The van der Waals surface area contributed by atoms with E-state index in [0.717, 1.165) is 9.87 Å². The van der Waals surface area contributed by atoms with Crippen molar-refractivity contribution in [2.45, 2.75) is 44.8 Å². The van der Waals surface area contributed by atoms with Crippen LogP contribution < -0.4 is 19.5 Å². The van der Waals surface area contributed by atoms with Crippen LogP contribution in [0.5, 0.6) is 11.5 Å². The van der Waals surface area contributed by atoms with E-state index in [4.69, 9.17) is 9.47 Å². The number of ether oxygens (including phenoxy) is 2. The van der Waals surface area contributed by atoms with Gasteiger partial charge in [-0.15, -0.1) is 0 Å². The molecule has 0 aliphatic carbocycles. The first-order chi connectivity index (χ1) is 11.6. The minimum Gasteiger partial charge on any atom is -0.454 e. The van der Waals surface area contributed by atoms with E-state index in [1.165, 1.54) is 7.05 Å². The molecular weight excluding hydrogens is 346 g/mol. The molecule has 25 heavy (non-hydrogen) atoms. The molecule has 1 amide bonds. The van der Waals surface area contributed by atoms with Crippen molar-refractivity contribution in [1.29, 1.82) is 0 Å². The normalized spacial score (nSPS) is 25.6. The van der Waals surface area contributed by atoms with E-state index in [1.54, 1.807) is 18.2 Å². The molecule has 9 heteroatoms. The molecule has 2 unspecified atom stereocenters. The summed E-state index contributed by atoms with van der Waals surface area (Å²) < 4.78 is 39.3. The smallest absolute Gasteiger partial charge is 0.280 e. The number of likely N-dealkylation sites (N-methyl/N-ethyl adjacent to an activating group) is 1. The van der Waals surface area contributed by atoms with Gasteiger partial charge in [0, 0.05) is 12.6 Å². The van der Waals surface area contributed by atoms with Gasteiger partial charge in [0.05, 0.1) is 6.04 Å². The summed E-state index contributed by atoms with van der Waals surface area (Å²) in [7, 11) is -2.36. The van der Waals surface area contributed by atoms with E-state index in [0.29, 0.717) is 17.9 Å². The summed E-state index contributed by atoms with van der Waals surface area (Å²) in [5.41, 5.74) is 0.287. The lowest BCUT2D eigenvalue weighted by atomic mass is 9.98. The summed E-state index contributed by atoms with van der Waals surface area (Å²) in [5, 5.41) is 2.85. The molecule has 1 fully saturated rings. The Morgan fingerprint density at radius 3 is 2.64 bits per heavy atom. The first-order valence-corrected chi connectivity index (χ1v) is 9.48. The lowest BCUT2D eigenvalue weighted by molar-refractivity contribution is -0.126. The van der Waals surface area contributed by atoms with Crippen LogP contribution in [0, 0.1) is 0 Å². The number of carbonyl (C=O) groups excluding carboxylic acids is 1. The van der Waals surface area contributed by atoms with Gasteiger partial charge in [-0.05, 0) is 44.9 Å². The highest BCUT2D eigenvalue weighted by molar-refractivity contribution is 7.87. The molecule has 2 heterocycles. The van der Waals surface area contributed by atoms with Crippen LogP contribution in [0.3, 0.4) is 0 Å². The number of rotatable bonds is 2. The third-order valence-electron chi connectivity index (χ3n) is 4.17. The largest absolute Gasteiger partial charge is 0.454 e. The molecule has 3 rings (SSSR count). The van der Waals surface area contributed by atoms with Crippen molar-refractivity contribution in [3.05, 3.63) is 23.8 Å². The average molecular weight is 369 g/mol. The van der Waals surface area contributed by atoms with Gasteiger partial charge in [0.1, 0.15) is 6.04 Å². The maximum Gasteiger partial charge on any atom is 0.280 e. The summed E-state index contributed by atoms with van der Waals surface area (Å²) in [6.45, 7) is 5.72. The topological polar surface area (TPSA) is 97.0 Å². The number of fused-ring (bicyclic) bond motifs is 1. The van der Waals surface area contributed by atoms with Gasteiger partial charge >= 0.3 is 0 Å². The zero-order valence-electron chi connectivity index (χ0n) is 14.7. The summed E-state index contributed by atoms with van der Waals surface area (Å²) >= 11 is 0. The van der Waals surface area contributed by atoms with Crippen LogP contribution in [0.4, 0.5) is 0 Å². The fraction of sp³-hybridized carbons (Fsp3) is 0.562. The second-order valence-electron chi connectivity index (χ2n) is 7.30. The number of nitrogens with one attached hydrogen (secondary N) is 2. The van der Waals surface area contributed by atoms with E-state index in [9.17, 15) is 13.2 Å². The molecule has 0 radical (unpaired) electrons. The van der Waals surface area contributed by atoms with Gasteiger partial charge in [0.25, 0.3) is 10.2 Å². The Balaban J connectivity index is 1.87. The molecule has 138 valence electrons. The highest BCUT2D eigenvalue weighted by Gasteiger charge is 2.41. The van der Waals surface area contributed by atoms with Gasteiger partial charge in [-0.1, -0.05) is 6.07 Å². The van der Waals surface area contributed by atoms with Crippen molar-refractivity contribution in [1.82, 2.24) is 14.3 Å². The van der Waals surface area contributed by atoms with E-state index < -0.39 is 27.8 Å². The monoisotopic (exact) mass is 369 g/mol. The lowest BCUT2D eigenvalue weighted by Crippen LogP contribution is -2.59. The number of amides is 1. The van der Waals surface area contributed by atoms with Gasteiger partial charge in [0.2, 0.25) is 12.7 Å². The van der Waals surface area contributed by atoms with Gasteiger partial charge in [-0.2, -0.15) is 17.4 Å². The SMILES string of the molecule is CN1C(C(=O)NC(C)(C)C)CC(c2ccc3c(c2)OCO3)NS1(=O)=O. The Bertz CT molecular complexity index is 787. The second-order valence-corrected chi connectivity index (χ2v) is 9.06. The molecule has 2 atom stereocenters. The van der Waals surface area contributed by atoms with E-state index in [-0.39, 0.29) is 12.7 Å². The molecule has 8 nitrogen and oxygen atoms in total. The number of nitrogens with zero attached hydrogens (tertiary/aromatic N) is 1. The van der Waals surface area contributed by atoms with Crippen molar-refractivity contribution in [3.63, 3.8) is 0 Å². The van der Waals surface area contributed by atoms with Crippen molar-refractivity contribution in [3.8, 4) is 11.5 Å². The van der Waals surface area contributed by atoms with E-state index in [2.05, 4.69) is 10.0 Å². The van der Waals surface area contributed by atoms with E-state index >= 15 is 0 Å². The maximum atomic E-state index is 12.6. The summed E-state index contributed by atoms with van der Waals surface area (Å²) in [6.07, 6.45) is 0.317. The summed E-state index contributed by atoms with van der Waals surface area (Å²) in [5.74, 6) is 0.888. The maximum absolute atomic E-state index is 12.6. The fourth-order valence-electron chi connectivity index (χ4n) is 2.91. The highest BCUT2D eigenvalue weighted by Crippen LogP contribution is 2.36. The zero-order valence-corrected chi connectivity index (χ0v) is 15.5. The van der Waals surface area contributed by atoms with Crippen LogP contribution in [0.2, 0.25) is 0 Å². The highest BCUT2D eigenvalue weighted by atomic mass is 32.2. The molecule has 2 aliphatic heterocycles. The average Bonchev–Trinajstić information content (AvgIpc) is 2.95. The quantitative estimate of drug-likeness (QED) is 0.808. The number of carbonyl (C=O) groups is 1. The lowest BCUT2D eigenvalue weighted by Gasteiger charge is -2.37. The predicted octanol–water partition coefficient (Wildman–Crippen LogP) is 0.910. The van der Waals surface area contributed by atoms with Crippen molar-refractivity contribution < 1.29 is 22.7 Å².